The fourth-order valence-electron chi connectivity index (χ4n) is 2.77. The van der Waals surface area contributed by atoms with Crippen molar-refractivity contribution >= 4 is 42.1 Å². The Hall–Kier alpha value is -1.08. The monoisotopic (exact) mass is 391 g/mol. The molecule has 3 heterocycles. The van der Waals surface area contributed by atoms with Crippen molar-refractivity contribution in [2.75, 3.05) is 20.1 Å². The molecule has 0 aliphatic carbocycles. The fourth-order valence-corrected chi connectivity index (χ4v) is 3.40. The average Bonchev–Trinajstić information content (AvgIpc) is 3.18. The van der Waals surface area contributed by atoms with Gasteiger partial charge < -0.3 is 14.6 Å². The van der Waals surface area contributed by atoms with E-state index in [4.69, 9.17) is 4.42 Å². The summed E-state index contributed by atoms with van der Waals surface area (Å²) in [7, 11) is 1.98. The number of hydrogen-bond donors (Lipinski definition) is 1. The number of carbonyl (C=O) groups excluding carboxylic acids is 1. The van der Waals surface area contributed by atoms with Gasteiger partial charge in [-0.05, 0) is 38.3 Å². The number of halogens is 2. The Bertz CT molecular complexity index is 638. The molecule has 1 aliphatic heterocycles. The molecule has 8 heteroatoms. The molecule has 0 spiro atoms. The van der Waals surface area contributed by atoms with Crippen molar-refractivity contribution in [3.8, 4) is 11.5 Å². The first-order chi connectivity index (χ1) is 10.7. The molecule has 1 fully saturated rings. The van der Waals surface area contributed by atoms with Gasteiger partial charge in [0.05, 0.1) is 12.1 Å². The van der Waals surface area contributed by atoms with Gasteiger partial charge in [-0.3, -0.25) is 4.79 Å². The van der Waals surface area contributed by atoms with Crippen LogP contribution in [0.3, 0.4) is 0 Å². The highest BCUT2D eigenvalue weighted by Crippen LogP contribution is 2.24. The van der Waals surface area contributed by atoms with Crippen LogP contribution in [0.4, 0.5) is 0 Å². The van der Waals surface area contributed by atoms with Gasteiger partial charge in [-0.15, -0.1) is 24.8 Å². The summed E-state index contributed by atoms with van der Waals surface area (Å²) in [6.45, 7) is 3.51. The van der Waals surface area contributed by atoms with Crippen LogP contribution in [0.25, 0.3) is 11.5 Å². The highest BCUT2D eigenvalue weighted by atomic mass is 35.5. The number of aromatic nitrogens is 1. The Morgan fingerprint density at radius 2 is 2.12 bits per heavy atom. The third-order valence-corrected chi connectivity index (χ3v) is 4.92. The zero-order valence-electron chi connectivity index (χ0n) is 13.8. The molecular formula is C16H23Cl2N3O2S. The molecule has 0 radical (unpaired) electrons. The van der Waals surface area contributed by atoms with Crippen LogP contribution < -0.4 is 5.32 Å². The highest BCUT2D eigenvalue weighted by molar-refractivity contribution is 7.08. The number of aryl methyl sites for hydroxylation is 1. The van der Waals surface area contributed by atoms with E-state index in [0.717, 1.165) is 42.9 Å². The highest BCUT2D eigenvalue weighted by Gasteiger charge is 2.23. The number of thiophene rings is 1. The Morgan fingerprint density at radius 1 is 1.42 bits per heavy atom. The molecule has 1 N–H and O–H groups in total. The summed E-state index contributed by atoms with van der Waals surface area (Å²) in [5.74, 6) is 1.48. The normalized spacial score (nSPS) is 14.8. The van der Waals surface area contributed by atoms with Gasteiger partial charge in [0.15, 0.2) is 0 Å². The van der Waals surface area contributed by atoms with Gasteiger partial charge in [-0.2, -0.15) is 11.3 Å². The smallest absolute Gasteiger partial charge is 0.228 e. The lowest BCUT2D eigenvalue weighted by molar-refractivity contribution is -0.131. The minimum atomic E-state index is 0. The Morgan fingerprint density at radius 3 is 2.71 bits per heavy atom. The molecule has 0 unspecified atom stereocenters. The van der Waals surface area contributed by atoms with Crippen molar-refractivity contribution in [3.05, 3.63) is 28.3 Å². The van der Waals surface area contributed by atoms with Crippen molar-refractivity contribution in [2.24, 2.45) is 0 Å². The van der Waals surface area contributed by atoms with Gasteiger partial charge in [-0.1, -0.05) is 0 Å². The third-order valence-electron chi connectivity index (χ3n) is 4.24. The quantitative estimate of drug-likeness (QED) is 0.868. The van der Waals surface area contributed by atoms with Crippen LogP contribution in [0, 0.1) is 6.92 Å². The number of nitrogens with zero attached hydrogens (tertiary/aromatic N) is 2. The molecule has 1 aliphatic rings. The molecule has 5 nitrogen and oxygen atoms in total. The predicted octanol–water partition coefficient (Wildman–Crippen LogP) is 3.31. The van der Waals surface area contributed by atoms with Gasteiger partial charge in [0.1, 0.15) is 5.76 Å². The molecule has 2 aromatic heterocycles. The molecular weight excluding hydrogens is 369 g/mol. The minimum absolute atomic E-state index is 0. The number of likely N-dealkylation sites (tertiary alicyclic amines) is 1. The maximum absolute atomic E-state index is 12.4. The van der Waals surface area contributed by atoms with Gasteiger partial charge >= 0.3 is 0 Å². The maximum atomic E-state index is 12.4. The van der Waals surface area contributed by atoms with E-state index in [1.165, 1.54) is 0 Å². The molecule has 134 valence electrons. The van der Waals surface area contributed by atoms with Crippen molar-refractivity contribution in [2.45, 2.75) is 32.2 Å². The van der Waals surface area contributed by atoms with Crippen molar-refractivity contribution in [1.29, 1.82) is 0 Å². The first-order valence-corrected chi connectivity index (χ1v) is 8.55. The largest absolute Gasteiger partial charge is 0.441 e. The molecule has 0 bridgehead atoms. The van der Waals surface area contributed by atoms with Gasteiger partial charge in [0.2, 0.25) is 11.8 Å². The lowest BCUT2D eigenvalue weighted by atomic mass is 10.0. The lowest BCUT2D eigenvalue weighted by Crippen LogP contribution is -2.44. The Labute approximate surface area is 158 Å². The second-order valence-electron chi connectivity index (χ2n) is 5.65. The summed E-state index contributed by atoms with van der Waals surface area (Å²) < 4.78 is 5.70. The van der Waals surface area contributed by atoms with E-state index in [1.54, 1.807) is 11.3 Å². The van der Waals surface area contributed by atoms with Gasteiger partial charge in [0.25, 0.3) is 0 Å². The van der Waals surface area contributed by atoms with E-state index in [2.05, 4.69) is 10.3 Å². The SMILES string of the molecule is CNC1CCN(C(=O)Cc2nc(-c3ccsc3)oc2C)CC1.Cl.Cl. The molecule has 24 heavy (non-hydrogen) atoms. The van der Waals surface area contributed by atoms with Crippen LogP contribution in [-0.4, -0.2) is 42.0 Å². The summed E-state index contributed by atoms with van der Waals surface area (Å²) in [4.78, 5) is 18.9. The number of amides is 1. The summed E-state index contributed by atoms with van der Waals surface area (Å²) in [5.41, 5.74) is 1.73. The van der Waals surface area contributed by atoms with Crippen LogP contribution >= 0.6 is 36.2 Å². The lowest BCUT2D eigenvalue weighted by Gasteiger charge is -2.31. The first kappa shape index (κ1) is 21.0. The number of carbonyl (C=O) groups is 1. The van der Waals surface area contributed by atoms with Crippen molar-refractivity contribution in [3.63, 3.8) is 0 Å². The zero-order chi connectivity index (χ0) is 15.5. The van der Waals surface area contributed by atoms with E-state index in [0.29, 0.717) is 18.4 Å². The minimum Gasteiger partial charge on any atom is -0.441 e. The van der Waals surface area contributed by atoms with E-state index >= 15 is 0 Å². The van der Waals surface area contributed by atoms with E-state index < -0.39 is 0 Å². The Balaban J connectivity index is 0.00000144. The summed E-state index contributed by atoms with van der Waals surface area (Å²) in [6, 6.07) is 2.51. The third kappa shape index (κ3) is 4.72. The predicted molar refractivity (Wildman–Crippen MR) is 101 cm³/mol. The summed E-state index contributed by atoms with van der Waals surface area (Å²) in [5, 5.41) is 7.27. The summed E-state index contributed by atoms with van der Waals surface area (Å²) in [6.07, 6.45) is 2.35. The maximum Gasteiger partial charge on any atom is 0.228 e. The standard InChI is InChI=1S/C16H21N3O2S.2ClH/c1-11-14(18-16(21-11)12-5-8-22-10-12)9-15(20)19-6-3-13(17-2)4-7-19;;/h5,8,10,13,17H,3-4,6-7,9H2,1-2H3;2*1H. The zero-order valence-corrected chi connectivity index (χ0v) is 16.2. The molecule has 2 aromatic rings. The van der Waals surface area contributed by atoms with Crippen molar-refractivity contribution < 1.29 is 9.21 Å². The number of nitrogens with one attached hydrogen (secondary N) is 1. The molecule has 0 aromatic carbocycles. The fraction of sp³-hybridized carbons (Fsp3) is 0.500. The van der Waals surface area contributed by atoms with Crippen LogP contribution in [0.15, 0.2) is 21.2 Å². The number of hydrogen-bond acceptors (Lipinski definition) is 5. The van der Waals surface area contributed by atoms with E-state index in [9.17, 15) is 4.79 Å². The summed E-state index contributed by atoms with van der Waals surface area (Å²) >= 11 is 1.61. The number of piperidine rings is 1. The second-order valence-corrected chi connectivity index (χ2v) is 6.43. The molecule has 1 saturated heterocycles. The van der Waals surface area contributed by atoms with Crippen LogP contribution in [0.2, 0.25) is 0 Å². The van der Waals surface area contributed by atoms with Crippen LogP contribution in [0.1, 0.15) is 24.3 Å². The second kappa shape index (κ2) is 9.42. The number of rotatable bonds is 4. The van der Waals surface area contributed by atoms with Crippen LogP contribution in [-0.2, 0) is 11.2 Å². The molecule has 0 saturated carbocycles. The Kier molecular flexibility index (Phi) is 8.22. The van der Waals surface area contributed by atoms with E-state index in [1.807, 2.05) is 35.7 Å². The van der Waals surface area contributed by atoms with E-state index in [-0.39, 0.29) is 30.7 Å². The van der Waals surface area contributed by atoms with Crippen LogP contribution in [0.5, 0.6) is 0 Å². The first-order valence-electron chi connectivity index (χ1n) is 7.61. The molecule has 1 amide bonds. The topological polar surface area (TPSA) is 58.4 Å². The van der Waals surface area contributed by atoms with Crippen molar-refractivity contribution in [1.82, 2.24) is 15.2 Å². The average molecular weight is 392 g/mol. The van der Waals surface area contributed by atoms with Gasteiger partial charge in [0, 0.05) is 30.1 Å². The molecule has 0 atom stereocenters. The van der Waals surface area contributed by atoms with Gasteiger partial charge in [-0.25, -0.2) is 4.98 Å². The molecule has 3 rings (SSSR count). The number of oxazole rings is 1.